The van der Waals surface area contributed by atoms with Gasteiger partial charge in [0, 0.05) is 10.6 Å². The van der Waals surface area contributed by atoms with E-state index in [0.717, 1.165) is 17.4 Å². The normalized spacial score (nSPS) is 16.0. The van der Waals surface area contributed by atoms with E-state index in [4.69, 9.17) is 16.3 Å². The Bertz CT molecular complexity index is 1210. The van der Waals surface area contributed by atoms with E-state index in [9.17, 15) is 13.2 Å². The van der Waals surface area contributed by atoms with Crippen molar-refractivity contribution in [2.45, 2.75) is 13.0 Å². The fraction of sp³-hybridized carbons (Fsp3) is 0.211. The van der Waals surface area contributed by atoms with Crippen LogP contribution in [0.3, 0.4) is 0 Å². The first-order valence-corrected chi connectivity index (χ1v) is 11.9. The molecule has 1 amide bonds. The lowest BCUT2D eigenvalue weighted by atomic mass is 10.1. The van der Waals surface area contributed by atoms with E-state index in [1.54, 1.807) is 30.3 Å². The zero-order valence-corrected chi connectivity index (χ0v) is 18.4. The van der Waals surface area contributed by atoms with Crippen LogP contribution in [0, 0.1) is 6.92 Å². The summed E-state index contributed by atoms with van der Waals surface area (Å²) in [5.41, 5.74) is 2.12. The molecule has 0 radical (unpaired) electrons. The molecule has 11 heteroatoms. The van der Waals surface area contributed by atoms with E-state index in [0.29, 0.717) is 21.5 Å². The molecule has 3 aromatic rings. The highest BCUT2D eigenvalue weighted by Gasteiger charge is 2.35. The van der Waals surface area contributed by atoms with Crippen molar-refractivity contribution in [1.82, 2.24) is 10.2 Å². The van der Waals surface area contributed by atoms with Crippen molar-refractivity contribution in [1.29, 1.82) is 0 Å². The number of nitrogens with zero attached hydrogens (tertiary/aromatic N) is 3. The van der Waals surface area contributed by atoms with E-state index in [-0.39, 0.29) is 11.7 Å². The van der Waals surface area contributed by atoms with Crippen LogP contribution in [0.1, 0.15) is 5.56 Å². The summed E-state index contributed by atoms with van der Waals surface area (Å²) < 4.78 is 31.5. The number of carbonyl (C=O) groups is 1. The van der Waals surface area contributed by atoms with Gasteiger partial charge in [-0.1, -0.05) is 41.1 Å². The Morgan fingerprint density at radius 3 is 2.67 bits per heavy atom. The Hall–Kier alpha value is -2.69. The average molecular weight is 465 g/mol. The van der Waals surface area contributed by atoms with Crippen LogP contribution in [-0.2, 0) is 14.8 Å². The number of carbonyl (C=O) groups excluding carboxylic acids is 1. The quantitative estimate of drug-likeness (QED) is 0.635. The molecule has 1 N–H and O–H groups in total. The van der Waals surface area contributed by atoms with Crippen LogP contribution in [0.2, 0.25) is 5.02 Å². The number of amides is 1. The van der Waals surface area contributed by atoms with Gasteiger partial charge in [-0.15, -0.1) is 10.2 Å². The predicted molar refractivity (Wildman–Crippen MR) is 117 cm³/mol. The highest BCUT2D eigenvalue weighted by atomic mass is 35.5. The maximum Gasteiger partial charge on any atom is 0.269 e. The van der Waals surface area contributed by atoms with E-state index < -0.39 is 22.0 Å². The van der Waals surface area contributed by atoms with Gasteiger partial charge < -0.3 is 4.74 Å². The van der Waals surface area contributed by atoms with E-state index in [1.807, 2.05) is 19.1 Å². The summed E-state index contributed by atoms with van der Waals surface area (Å²) in [7, 11) is -3.59. The fourth-order valence-electron chi connectivity index (χ4n) is 2.98. The Morgan fingerprint density at radius 1 is 1.23 bits per heavy atom. The smallest absolute Gasteiger partial charge is 0.269 e. The largest absolute Gasteiger partial charge is 0.476 e. The van der Waals surface area contributed by atoms with Crippen LogP contribution in [0.5, 0.6) is 5.75 Å². The van der Waals surface area contributed by atoms with Gasteiger partial charge in [0.25, 0.3) is 5.91 Å². The maximum atomic E-state index is 12.8. The van der Waals surface area contributed by atoms with Crippen molar-refractivity contribution in [2.24, 2.45) is 0 Å². The summed E-state index contributed by atoms with van der Waals surface area (Å²) >= 11 is 7.09. The van der Waals surface area contributed by atoms with Crippen molar-refractivity contribution in [3.63, 3.8) is 0 Å². The van der Waals surface area contributed by atoms with Crippen molar-refractivity contribution in [3.05, 3.63) is 53.1 Å². The molecule has 1 aromatic heterocycles. The standard InChI is InChI=1S/C19H17ClN4O4S2/c1-11-3-8-15-14(9-11)24(30(2,26)27)10-16(28-15)17(25)21-19-23-22-18(29-19)12-4-6-13(20)7-5-12/h3-9,16H,10H2,1-2H3,(H,21,23,25)/t16-/m0/s1. The van der Waals surface area contributed by atoms with Crippen LogP contribution in [-0.4, -0.2) is 43.4 Å². The highest BCUT2D eigenvalue weighted by molar-refractivity contribution is 7.92. The molecule has 0 saturated heterocycles. The molecule has 0 aliphatic carbocycles. The number of halogens is 1. The maximum absolute atomic E-state index is 12.8. The SMILES string of the molecule is Cc1ccc2c(c1)N(S(C)(=O)=O)C[C@@H](C(=O)Nc1nnc(-c3ccc(Cl)cc3)s1)O2. The first kappa shape index (κ1) is 20.6. The number of anilines is 2. The molecule has 1 aliphatic heterocycles. The third kappa shape index (κ3) is 4.25. The first-order chi connectivity index (χ1) is 14.2. The molecule has 1 aliphatic rings. The van der Waals surface area contributed by atoms with Crippen LogP contribution < -0.4 is 14.4 Å². The van der Waals surface area contributed by atoms with Crippen LogP contribution >= 0.6 is 22.9 Å². The summed E-state index contributed by atoms with van der Waals surface area (Å²) in [4.78, 5) is 12.8. The summed E-state index contributed by atoms with van der Waals surface area (Å²) in [5, 5.41) is 12.2. The summed E-state index contributed by atoms with van der Waals surface area (Å²) in [6.45, 7) is 1.72. The van der Waals surface area contributed by atoms with Gasteiger partial charge in [-0.3, -0.25) is 14.4 Å². The molecule has 0 unspecified atom stereocenters. The van der Waals surface area contributed by atoms with Crippen molar-refractivity contribution < 1.29 is 17.9 Å². The fourth-order valence-corrected chi connectivity index (χ4v) is 4.76. The summed E-state index contributed by atoms with van der Waals surface area (Å²) in [6.07, 6.45) is 0.0699. The lowest BCUT2D eigenvalue weighted by Gasteiger charge is -2.34. The minimum absolute atomic E-state index is 0.135. The predicted octanol–water partition coefficient (Wildman–Crippen LogP) is 3.33. The zero-order chi connectivity index (χ0) is 21.5. The molecule has 0 saturated carbocycles. The number of aromatic nitrogens is 2. The molecule has 4 rings (SSSR count). The van der Waals surface area contributed by atoms with Gasteiger partial charge in [-0.25, -0.2) is 8.42 Å². The van der Waals surface area contributed by atoms with Gasteiger partial charge in [0.05, 0.1) is 18.5 Å². The second-order valence-electron chi connectivity index (χ2n) is 6.78. The molecular weight excluding hydrogens is 448 g/mol. The lowest BCUT2D eigenvalue weighted by molar-refractivity contribution is -0.122. The molecule has 2 aromatic carbocycles. The minimum Gasteiger partial charge on any atom is -0.476 e. The zero-order valence-electron chi connectivity index (χ0n) is 16.0. The van der Waals surface area contributed by atoms with Gasteiger partial charge in [-0.05, 0) is 36.8 Å². The minimum atomic E-state index is -3.59. The Morgan fingerprint density at radius 2 is 1.97 bits per heavy atom. The monoisotopic (exact) mass is 464 g/mol. The molecular formula is C19H17ClN4O4S2. The third-order valence-corrected chi connectivity index (χ3v) is 6.71. The molecule has 156 valence electrons. The van der Waals surface area contributed by atoms with E-state index >= 15 is 0 Å². The topological polar surface area (TPSA) is 101 Å². The van der Waals surface area contributed by atoms with Crippen molar-refractivity contribution in [3.8, 4) is 16.3 Å². The Labute approximate surface area is 182 Å². The van der Waals surface area contributed by atoms with Gasteiger partial charge in [0.1, 0.15) is 10.8 Å². The average Bonchev–Trinajstić information content (AvgIpc) is 3.15. The molecule has 30 heavy (non-hydrogen) atoms. The lowest BCUT2D eigenvalue weighted by Crippen LogP contribution is -2.48. The first-order valence-electron chi connectivity index (χ1n) is 8.86. The van der Waals surface area contributed by atoms with E-state index in [1.165, 1.54) is 15.6 Å². The number of hydrogen-bond donors (Lipinski definition) is 1. The number of nitrogens with one attached hydrogen (secondary N) is 1. The van der Waals surface area contributed by atoms with Crippen LogP contribution in [0.15, 0.2) is 42.5 Å². The van der Waals surface area contributed by atoms with Crippen LogP contribution in [0.25, 0.3) is 10.6 Å². The Kier molecular flexibility index (Phi) is 5.39. The number of rotatable bonds is 4. The van der Waals surface area contributed by atoms with Gasteiger partial charge >= 0.3 is 0 Å². The third-order valence-electron chi connectivity index (χ3n) is 4.42. The van der Waals surface area contributed by atoms with E-state index in [2.05, 4.69) is 15.5 Å². The van der Waals surface area contributed by atoms with Gasteiger partial charge in [-0.2, -0.15) is 0 Å². The summed E-state index contributed by atoms with van der Waals surface area (Å²) in [6, 6.07) is 12.3. The second kappa shape index (κ2) is 7.86. The van der Waals surface area contributed by atoms with Crippen molar-refractivity contribution in [2.75, 3.05) is 22.4 Å². The molecule has 1 atom stereocenters. The number of benzene rings is 2. The molecule has 2 heterocycles. The molecule has 0 bridgehead atoms. The molecule has 8 nitrogen and oxygen atoms in total. The number of fused-ring (bicyclic) bond motifs is 1. The van der Waals surface area contributed by atoms with Gasteiger partial charge in [0.2, 0.25) is 15.2 Å². The second-order valence-corrected chi connectivity index (χ2v) is 10.1. The van der Waals surface area contributed by atoms with Crippen LogP contribution in [0.4, 0.5) is 10.8 Å². The van der Waals surface area contributed by atoms with Crippen molar-refractivity contribution >= 4 is 49.7 Å². The van der Waals surface area contributed by atoms with Gasteiger partial charge in [0.15, 0.2) is 6.10 Å². The number of sulfonamides is 1. The number of ether oxygens (including phenoxy) is 1. The number of hydrogen-bond acceptors (Lipinski definition) is 7. The summed E-state index contributed by atoms with van der Waals surface area (Å²) in [5.74, 6) is -0.176. The highest BCUT2D eigenvalue weighted by Crippen LogP contribution is 2.36. The Balaban J connectivity index is 1.54. The molecule has 0 spiro atoms. The number of aryl methyl sites for hydroxylation is 1. The molecule has 0 fully saturated rings.